The molecular formula is C24H49N5O3. The van der Waals surface area contributed by atoms with E-state index in [0.29, 0.717) is 12.8 Å². The predicted octanol–water partition coefficient (Wildman–Crippen LogP) is 1.54. The summed E-state index contributed by atoms with van der Waals surface area (Å²) >= 11 is 0. The SMILES string of the molecule is CNCCCC[C@@H](NC)C(=O)CCCCC[C@H](NC(=O)[C@@H](CCCCNC)NC)C(C)=O. The number of hydrogen-bond donors (Lipinski definition) is 5. The Kier molecular flexibility index (Phi) is 19.4. The number of carbonyl (C=O) groups excluding carboxylic acids is 3. The zero-order valence-corrected chi connectivity index (χ0v) is 21.1. The molecule has 0 saturated heterocycles. The van der Waals surface area contributed by atoms with E-state index >= 15 is 0 Å². The van der Waals surface area contributed by atoms with Crippen LogP contribution >= 0.6 is 0 Å². The molecule has 8 heteroatoms. The van der Waals surface area contributed by atoms with Crippen molar-refractivity contribution in [2.75, 3.05) is 41.3 Å². The molecule has 0 aliphatic carbocycles. The van der Waals surface area contributed by atoms with Gasteiger partial charge in [0.2, 0.25) is 5.91 Å². The summed E-state index contributed by atoms with van der Waals surface area (Å²) in [4.78, 5) is 37.0. The maximum absolute atomic E-state index is 12.6. The molecule has 0 aromatic rings. The summed E-state index contributed by atoms with van der Waals surface area (Å²) in [6.45, 7) is 3.44. The topological polar surface area (TPSA) is 111 Å². The fraction of sp³-hybridized carbons (Fsp3) is 0.875. The van der Waals surface area contributed by atoms with E-state index in [1.54, 1.807) is 7.05 Å². The molecule has 0 unspecified atom stereocenters. The van der Waals surface area contributed by atoms with Gasteiger partial charge in [-0.3, -0.25) is 14.4 Å². The van der Waals surface area contributed by atoms with Crippen molar-refractivity contribution in [1.82, 2.24) is 26.6 Å². The third-order valence-electron chi connectivity index (χ3n) is 5.96. The fourth-order valence-corrected chi connectivity index (χ4v) is 3.82. The molecule has 0 rings (SSSR count). The van der Waals surface area contributed by atoms with Crippen molar-refractivity contribution in [3.63, 3.8) is 0 Å². The first kappa shape index (κ1) is 30.6. The van der Waals surface area contributed by atoms with Crippen molar-refractivity contribution in [2.45, 2.75) is 95.7 Å². The quantitative estimate of drug-likeness (QED) is 0.157. The lowest BCUT2D eigenvalue weighted by atomic mass is 9.99. The van der Waals surface area contributed by atoms with Crippen LogP contribution in [-0.4, -0.2) is 76.9 Å². The molecule has 0 aliphatic rings. The third-order valence-corrected chi connectivity index (χ3v) is 5.96. The molecule has 0 bridgehead atoms. The summed E-state index contributed by atoms with van der Waals surface area (Å²) in [6, 6.07) is -0.802. The van der Waals surface area contributed by atoms with Crippen molar-refractivity contribution >= 4 is 17.5 Å². The van der Waals surface area contributed by atoms with Gasteiger partial charge in [0.15, 0.2) is 5.78 Å². The summed E-state index contributed by atoms with van der Waals surface area (Å²) in [7, 11) is 7.48. The number of carbonyl (C=O) groups is 3. The predicted molar refractivity (Wildman–Crippen MR) is 132 cm³/mol. The van der Waals surface area contributed by atoms with Crippen LogP contribution in [-0.2, 0) is 14.4 Å². The monoisotopic (exact) mass is 455 g/mol. The Labute approximate surface area is 195 Å². The van der Waals surface area contributed by atoms with Gasteiger partial charge in [-0.15, -0.1) is 0 Å². The number of ketones is 2. The molecule has 188 valence electrons. The zero-order chi connectivity index (χ0) is 24.2. The summed E-state index contributed by atoms with van der Waals surface area (Å²) in [5.74, 6) is 0.141. The van der Waals surface area contributed by atoms with Crippen LogP contribution in [0.1, 0.15) is 77.6 Å². The first-order valence-electron chi connectivity index (χ1n) is 12.4. The van der Waals surface area contributed by atoms with E-state index in [2.05, 4.69) is 26.6 Å². The molecule has 8 nitrogen and oxygen atoms in total. The molecule has 0 aromatic heterocycles. The second-order valence-electron chi connectivity index (χ2n) is 8.62. The lowest BCUT2D eigenvalue weighted by molar-refractivity contribution is -0.128. The maximum Gasteiger partial charge on any atom is 0.237 e. The minimum Gasteiger partial charge on any atom is -0.345 e. The number of Topliss-reactive ketones (excluding diaryl/α,β-unsaturated/α-hetero) is 2. The van der Waals surface area contributed by atoms with E-state index in [9.17, 15) is 14.4 Å². The van der Waals surface area contributed by atoms with Gasteiger partial charge in [-0.2, -0.15) is 0 Å². The first-order chi connectivity index (χ1) is 15.4. The number of amides is 1. The van der Waals surface area contributed by atoms with Crippen molar-refractivity contribution in [2.24, 2.45) is 0 Å². The normalized spacial score (nSPS) is 14.0. The Hall–Kier alpha value is -1.35. The van der Waals surface area contributed by atoms with Crippen LogP contribution in [0, 0.1) is 0 Å². The average Bonchev–Trinajstić information content (AvgIpc) is 2.77. The molecule has 5 N–H and O–H groups in total. The van der Waals surface area contributed by atoms with Gasteiger partial charge in [0.25, 0.3) is 0 Å². The van der Waals surface area contributed by atoms with Gasteiger partial charge < -0.3 is 26.6 Å². The summed E-state index contributed by atoms with van der Waals surface area (Å²) in [6.07, 6.45) is 9.37. The molecule has 0 saturated carbocycles. The Balaban J connectivity index is 4.27. The number of unbranched alkanes of at least 4 members (excludes halogenated alkanes) is 4. The molecule has 0 radical (unpaired) electrons. The zero-order valence-electron chi connectivity index (χ0n) is 21.1. The van der Waals surface area contributed by atoms with Crippen LogP contribution in [0.3, 0.4) is 0 Å². The van der Waals surface area contributed by atoms with Crippen LogP contribution in [0.4, 0.5) is 0 Å². The minimum atomic E-state index is -0.455. The van der Waals surface area contributed by atoms with Gasteiger partial charge in [0.05, 0.1) is 18.1 Å². The van der Waals surface area contributed by atoms with Crippen LogP contribution in [0.15, 0.2) is 0 Å². The fourth-order valence-electron chi connectivity index (χ4n) is 3.82. The summed E-state index contributed by atoms with van der Waals surface area (Å²) in [5, 5.41) is 15.4. The lowest BCUT2D eigenvalue weighted by Gasteiger charge is -2.21. The molecule has 3 atom stereocenters. The van der Waals surface area contributed by atoms with Crippen molar-refractivity contribution in [1.29, 1.82) is 0 Å². The molecule has 0 aromatic carbocycles. The molecule has 32 heavy (non-hydrogen) atoms. The first-order valence-corrected chi connectivity index (χ1v) is 12.4. The van der Waals surface area contributed by atoms with E-state index < -0.39 is 6.04 Å². The van der Waals surface area contributed by atoms with Gasteiger partial charge in [0, 0.05) is 6.42 Å². The van der Waals surface area contributed by atoms with Crippen molar-refractivity contribution < 1.29 is 14.4 Å². The van der Waals surface area contributed by atoms with E-state index in [1.165, 1.54) is 6.92 Å². The van der Waals surface area contributed by atoms with Gasteiger partial charge in [0.1, 0.15) is 5.78 Å². The van der Waals surface area contributed by atoms with Gasteiger partial charge in [-0.1, -0.05) is 25.7 Å². The third kappa shape index (κ3) is 14.7. The van der Waals surface area contributed by atoms with E-state index in [4.69, 9.17) is 0 Å². The second-order valence-corrected chi connectivity index (χ2v) is 8.62. The molecule has 1 amide bonds. The van der Waals surface area contributed by atoms with Gasteiger partial charge >= 0.3 is 0 Å². The molecule has 0 aliphatic heterocycles. The van der Waals surface area contributed by atoms with Crippen LogP contribution in [0.5, 0.6) is 0 Å². The summed E-state index contributed by atoms with van der Waals surface area (Å²) in [5.41, 5.74) is 0. The number of rotatable bonds is 22. The van der Waals surface area contributed by atoms with E-state index in [1.807, 2.05) is 21.1 Å². The van der Waals surface area contributed by atoms with Crippen molar-refractivity contribution in [3.8, 4) is 0 Å². The highest BCUT2D eigenvalue weighted by molar-refractivity contribution is 5.89. The highest BCUT2D eigenvalue weighted by Crippen LogP contribution is 2.11. The Morgan fingerprint density at radius 2 is 1.12 bits per heavy atom. The van der Waals surface area contributed by atoms with Crippen LogP contribution in [0.2, 0.25) is 0 Å². The second kappa shape index (κ2) is 20.3. The Morgan fingerprint density at radius 1 is 0.625 bits per heavy atom. The molecular weight excluding hydrogens is 406 g/mol. The average molecular weight is 456 g/mol. The van der Waals surface area contributed by atoms with Crippen LogP contribution in [0.25, 0.3) is 0 Å². The maximum atomic E-state index is 12.6. The van der Waals surface area contributed by atoms with Crippen LogP contribution < -0.4 is 26.6 Å². The smallest absolute Gasteiger partial charge is 0.237 e. The number of likely N-dealkylation sites (N-methyl/N-ethyl adjacent to an activating group) is 2. The van der Waals surface area contributed by atoms with Gasteiger partial charge in [-0.25, -0.2) is 0 Å². The Bertz CT molecular complexity index is 516. The number of nitrogens with one attached hydrogen (secondary N) is 5. The van der Waals surface area contributed by atoms with E-state index in [-0.39, 0.29) is 29.6 Å². The minimum absolute atomic E-state index is 0.0173. The van der Waals surface area contributed by atoms with E-state index in [0.717, 1.165) is 70.9 Å². The van der Waals surface area contributed by atoms with Crippen molar-refractivity contribution in [3.05, 3.63) is 0 Å². The largest absolute Gasteiger partial charge is 0.345 e. The number of hydrogen-bond acceptors (Lipinski definition) is 7. The molecule has 0 fully saturated rings. The molecule has 0 heterocycles. The highest BCUT2D eigenvalue weighted by Gasteiger charge is 2.22. The summed E-state index contributed by atoms with van der Waals surface area (Å²) < 4.78 is 0. The van der Waals surface area contributed by atoms with Gasteiger partial charge in [-0.05, 0) is 86.7 Å². The highest BCUT2D eigenvalue weighted by atomic mass is 16.2. The standard InChI is InChI=1S/C24H49N5O3/c1-19(30)20(29-24(32)22(28-5)15-10-12-18-26-3)13-7-6-8-16-23(31)21(27-4)14-9-11-17-25-2/h20-22,25-28H,6-18H2,1-5H3,(H,29,32)/t20-,21+,22+/m0/s1. The Morgan fingerprint density at radius 3 is 1.62 bits per heavy atom. The molecule has 0 spiro atoms. The lowest BCUT2D eigenvalue weighted by Crippen LogP contribution is -2.49.